The molecule has 2 N–H and O–H groups in total. The number of likely N-dealkylation sites (tertiary alicyclic amines) is 1. The second-order valence-electron chi connectivity index (χ2n) is 4.99. The summed E-state index contributed by atoms with van der Waals surface area (Å²) in [5.74, 6) is 0.0868. The first-order valence-electron chi connectivity index (χ1n) is 7.48. The van der Waals surface area contributed by atoms with Gasteiger partial charge in [0, 0.05) is 26.1 Å². The summed E-state index contributed by atoms with van der Waals surface area (Å²) in [6.07, 6.45) is 4.39. The second kappa shape index (κ2) is 8.91. The standard InChI is InChI=1S/C14H27N3O2/c1-3-8-15-9-10-16-14(19)12-7-5-6-11-17(12)13(18)4-2/h12,15H,3-11H2,1-2H3,(H,16,19). The van der Waals surface area contributed by atoms with Crippen molar-refractivity contribution in [3.05, 3.63) is 0 Å². The summed E-state index contributed by atoms with van der Waals surface area (Å²) in [5.41, 5.74) is 0. The van der Waals surface area contributed by atoms with Crippen LogP contribution in [0.25, 0.3) is 0 Å². The molecule has 0 saturated carbocycles. The van der Waals surface area contributed by atoms with Crippen LogP contribution in [0.2, 0.25) is 0 Å². The fourth-order valence-electron chi connectivity index (χ4n) is 2.40. The number of hydrogen-bond donors (Lipinski definition) is 2. The topological polar surface area (TPSA) is 61.4 Å². The van der Waals surface area contributed by atoms with Gasteiger partial charge in [0.05, 0.1) is 0 Å². The summed E-state index contributed by atoms with van der Waals surface area (Å²) >= 11 is 0. The van der Waals surface area contributed by atoms with Crippen LogP contribution in [-0.2, 0) is 9.59 Å². The number of carbonyl (C=O) groups is 2. The van der Waals surface area contributed by atoms with Crippen molar-refractivity contribution >= 4 is 11.8 Å². The van der Waals surface area contributed by atoms with E-state index in [-0.39, 0.29) is 17.9 Å². The van der Waals surface area contributed by atoms with Gasteiger partial charge in [-0.15, -0.1) is 0 Å². The van der Waals surface area contributed by atoms with Crippen molar-refractivity contribution in [3.8, 4) is 0 Å². The van der Waals surface area contributed by atoms with E-state index in [0.717, 1.165) is 45.3 Å². The van der Waals surface area contributed by atoms with Crippen molar-refractivity contribution in [1.82, 2.24) is 15.5 Å². The van der Waals surface area contributed by atoms with Gasteiger partial charge in [0.25, 0.3) is 0 Å². The lowest BCUT2D eigenvalue weighted by Crippen LogP contribution is -2.52. The van der Waals surface area contributed by atoms with Gasteiger partial charge in [-0.2, -0.15) is 0 Å². The van der Waals surface area contributed by atoms with Gasteiger partial charge in [-0.05, 0) is 32.2 Å². The van der Waals surface area contributed by atoms with E-state index in [1.54, 1.807) is 4.90 Å². The minimum atomic E-state index is -0.257. The molecular formula is C14H27N3O2. The molecule has 0 aromatic carbocycles. The average Bonchev–Trinajstić information content (AvgIpc) is 2.46. The van der Waals surface area contributed by atoms with Crippen molar-refractivity contribution < 1.29 is 9.59 Å². The van der Waals surface area contributed by atoms with E-state index in [9.17, 15) is 9.59 Å². The third kappa shape index (κ3) is 5.19. The first kappa shape index (κ1) is 16.0. The minimum Gasteiger partial charge on any atom is -0.353 e. The first-order valence-corrected chi connectivity index (χ1v) is 7.48. The molecule has 1 aliphatic rings. The SMILES string of the molecule is CCCNCCNC(=O)C1CCCCN1C(=O)CC. The maximum absolute atomic E-state index is 12.1. The van der Waals surface area contributed by atoms with Crippen LogP contribution in [0.1, 0.15) is 46.0 Å². The number of amides is 2. The Hall–Kier alpha value is -1.10. The lowest BCUT2D eigenvalue weighted by atomic mass is 10.0. The molecule has 2 amide bonds. The lowest BCUT2D eigenvalue weighted by Gasteiger charge is -2.34. The summed E-state index contributed by atoms with van der Waals surface area (Å²) < 4.78 is 0. The van der Waals surface area contributed by atoms with E-state index in [2.05, 4.69) is 17.6 Å². The third-order valence-corrected chi connectivity index (χ3v) is 3.46. The lowest BCUT2D eigenvalue weighted by molar-refractivity contribution is -0.142. The molecular weight excluding hydrogens is 242 g/mol. The highest BCUT2D eigenvalue weighted by Gasteiger charge is 2.30. The fraction of sp³-hybridized carbons (Fsp3) is 0.857. The molecule has 0 spiro atoms. The van der Waals surface area contributed by atoms with Crippen LogP contribution in [0.3, 0.4) is 0 Å². The molecule has 1 fully saturated rings. The van der Waals surface area contributed by atoms with Crippen molar-refractivity contribution in [2.45, 2.75) is 52.0 Å². The third-order valence-electron chi connectivity index (χ3n) is 3.46. The van der Waals surface area contributed by atoms with Crippen LogP contribution < -0.4 is 10.6 Å². The molecule has 1 saturated heterocycles. The Morgan fingerprint density at radius 1 is 1.16 bits per heavy atom. The number of nitrogens with zero attached hydrogens (tertiary/aromatic N) is 1. The van der Waals surface area contributed by atoms with Gasteiger partial charge in [-0.1, -0.05) is 13.8 Å². The van der Waals surface area contributed by atoms with Crippen LogP contribution in [0.15, 0.2) is 0 Å². The highest BCUT2D eigenvalue weighted by molar-refractivity contribution is 5.87. The van der Waals surface area contributed by atoms with Gasteiger partial charge < -0.3 is 15.5 Å². The van der Waals surface area contributed by atoms with Crippen LogP contribution in [0, 0.1) is 0 Å². The van der Waals surface area contributed by atoms with Crippen molar-refractivity contribution in [1.29, 1.82) is 0 Å². The number of hydrogen-bond acceptors (Lipinski definition) is 3. The molecule has 1 atom stereocenters. The van der Waals surface area contributed by atoms with E-state index >= 15 is 0 Å². The summed E-state index contributed by atoms with van der Waals surface area (Å²) in [5, 5.41) is 6.17. The van der Waals surface area contributed by atoms with E-state index in [1.165, 1.54) is 0 Å². The van der Waals surface area contributed by atoms with Gasteiger partial charge in [-0.25, -0.2) is 0 Å². The summed E-state index contributed by atoms with van der Waals surface area (Å²) in [6.45, 7) is 7.07. The predicted molar refractivity (Wildman–Crippen MR) is 75.8 cm³/mol. The largest absolute Gasteiger partial charge is 0.353 e. The predicted octanol–water partition coefficient (Wildman–Crippen LogP) is 0.893. The van der Waals surface area contributed by atoms with E-state index in [1.807, 2.05) is 6.92 Å². The monoisotopic (exact) mass is 269 g/mol. The minimum absolute atomic E-state index is 0.000187. The van der Waals surface area contributed by atoms with Crippen LogP contribution >= 0.6 is 0 Å². The van der Waals surface area contributed by atoms with Gasteiger partial charge in [0.1, 0.15) is 6.04 Å². The number of nitrogens with one attached hydrogen (secondary N) is 2. The Labute approximate surface area is 116 Å². The van der Waals surface area contributed by atoms with Crippen molar-refractivity contribution in [3.63, 3.8) is 0 Å². The zero-order valence-corrected chi connectivity index (χ0v) is 12.2. The Morgan fingerprint density at radius 3 is 2.63 bits per heavy atom. The molecule has 5 nitrogen and oxygen atoms in total. The molecule has 1 heterocycles. The van der Waals surface area contributed by atoms with Crippen LogP contribution in [-0.4, -0.2) is 48.9 Å². The molecule has 1 unspecified atom stereocenters. The molecule has 0 bridgehead atoms. The molecule has 1 aliphatic heterocycles. The van der Waals surface area contributed by atoms with E-state index < -0.39 is 0 Å². The quantitative estimate of drug-likeness (QED) is 0.675. The average molecular weight is 269 g/mol. The van der Waals surface area contributed by atoms with Crippen molar-refractivity contribution in [2.75, 3.05) is 26.2 Å². The Kier molecular flexibility index (Phi) is 7.48. The van der Waals surface area contributed by atoms with Gasteiger partial charge in [0.2, 0.25) is 11.8 Å². The molecule has 0 aromatic heterocycles. The molecule has 0 aromatic rings. The first-order chi connectivity index (χ1) is 9.20. The fourth-order valence-corrected chi connectivity index (χ4v) is 2.40. The Bertz CT molecular complexity index is 294. The molecule has 0 aliphatic carbocycles. The van der Waals surface area contributed by atoms with Crippen LogP contribution in [0.5, 0.6) is 0 Å². The maximum Gasteiger partial charge on any atom is 0.242 e. The summed E-state index contributed by atoms with van der Waals surface area (Å²) in [6, 6.07) is -0.257. The van der Waals surface area contributed by atoms with Crippen LogP contribution in [0.4, 0.5) is 0 Å². The molecule has 19 heavy (non-hydrogen) atoms. The zero-order valence-electron chi connectivity index (χ0n) is 12.2. The Balaban J connectivity index is 2.37. The van der Waals surface area contributed by atoms with Gasteiger partial charge >= 0.3 is 0 Å². The Morgan fingerprint density at radius 2 is 1.95 bits per heavy atom. The molecule has 1 rings (SSSR count). The van der Waals surface area contributed by atoms with Gasteiger partial charge in [-0.3, -0.25) is 9.59 Å². The zero-order chi connectivity index (χ0) is 14.1. The smallest absolute Gasteiger partial charge is 0.242 e. The highest BCUT2D eigenvalue weighted by atomic mass is 16.2. The number of rotatable bonds is 7. The summed E-state index contributed by atoms with van der Waals surface area (Å²) in [4.78, 5) is 25.7. The van der Waals surface area contributed by atoms with E-state index in [4.69, 9.17) is 0 Å². The summed E-state index contributed by atoms with van der Waals surface area (Å²) in [7, 11) is 0. The van der Waals surface area contributed by atoms with Gasteiger partial charge in [0.15, 0.2) is 0 Å². The second-order valence-corrected chi connectivity index (χ2v) is 4.99. The molecule has 5 heteroatoms. The molecule has 0 radical (unpaired) electrons. The van der Waals surface area contributed by atoms with E-state index in [0.29, 0.717) is 13.0 Å². The highest BCUT2D eigenvalue weighted by Crippen LogP contribution is 2.18. The normalized spacial score (nSPS) is 19.3. The maximum atomic E-state index is 12.1. The molecule has 110 valence electrons. The van der Waals surface area contributed by atoms with Crippen molar-refractivity contribution in [2.24, 2.45) is 0 Å². The number of carbonyl (C=O) groups excluding carboxylic acids is 2. The number of piperidine rings is 1.